The van der Waals surface area contributed by atoms with Crippen LogP contribution in [0.3, 0.4) is 0 Å². The summed E-state index contributed by atoms with van der Waals surface area (Å²) in [5, 5.41) is 3.03. The zero-order chi connectivity index (χ0) is 12.7. The summed E-state index contributed by atoms with van der Waals surface area (Å²) in [7, 11) is 0. The smallest absolute Gasteiger partial charge is 0.270 e. The van der Waals surface area contributed by atoms with Crippen molar-refractivity contribution in [3.05, 3.63) is 34.2 Å². The number of halogens is 1. The molecule has 0 bridgehead atoms. The second-order valence-corrected chi connectivity index (χ2v) is 5.50. The Bertz CT molecular complexity index is 616. The average molecular weight is 308 g/mol. The molecule has 18 heavy (non-hydrogen) atoms. The number of carbonyl (C=O) groups is 1. The molecule has 0 spiro atoms. The Balaban J connectivity index is 2.10. The van der Waals surface area contributed by atoms with Gasteiger partial charge in [-0.1, -0.05) is 6.92 Å². The molecular formula is C13H14BrN3O. The number of imidazole rings is 1. The molecule has 1 N–H and O–H groups in total. The molecule has 1 fully saturated rings. The minimum absolute atomic E-state index is 0.0139. The third-order valence-corrected chi connectivity index (χ3v) is 3.59. The van der Waals surface area contributed by atoms with Crippen molar-refractivity contribution in [3.8, 4) is 0 Å². The van der Waals surface area contributed by atoms with Gasteiger partial charge >= 0.3 is 0 Å². The van der Waals surface area contributed by atoms with E-state index in [-0.39, 0.29) is 5.91 Å². The number of pyridine rings is 1. The summed E-state index contributed by atoms with van der Waals surface area (Å²) in [6, 6.07) is 4.21. The van der Waals surface area contributed by atoms with Crippen LogP contribution in [0.25, 0.3) is 5.65 Å². The van der Waals surface area contributed by atoms with Crippen LogP contribution in [0, 0.1) is 0 Å². The Morgan fingerprint density at radius 1 is 1.56 bits per heavy atom. The Kier molecular flexibility index (Phi) is 2.86. The minimum atomic E-state index is -0.0139. The van der Waals surface area contributed by atoms with Crippen molar-refractivity contribution in [3.63, 3.8) is 0 Å². The number of nitrogens with zero attached hydrogens (tertiary/aromatic N) is 2. The van der Waals surface area contributed by atoms with Crippen LogP contribution in [-0.4, -0.2) is 21.3 Å². The first kappa shape index (κ1) is 11.7. The molecule has 1 amide bonds. The molecule has 0 unspecified atom stereocenters. The van der Waals surface area contributed by atoms with Gasteiger partial charge in [-0.25, -0.2) is 4.98 Å². The molecule has 2 heterocycles. The SMILES string of the molecule is CCc1nc2ccc(Br)cn2c1C(=O)NC1CC1. The molecule has 0 atom stereocenters. The summed E-state index contributed by atoms with van der Waals surface area (Å²) in [4.78, 5) is 16.8. The number of fused-ring (bicyclic) bond motifs is 1. The van der Waals surface area contributed by atoms with E-state index in [9.17, 15) is 4.79 Å². The predicted molar refractivity (Wildman–Crippen MR) is 72.8 cm³/mol. The normalized spacial score (nSPS) is 15.0. The maximum absolute atomic E-state index is 12.3. The molecule has 1 aliphatic rings. The van der Waals surface area contributed by atoms with Crippen LogP contribution >= 0.6 is 15.9 Å². The van der Waals surface area contributed by atoms with Gasteiger partial charge in [0.1, 0.15) is 11.3 Å². The zero-order valence-electron chi connectivity index (χ0n) is 10.1. The molecular weight excluding hydrogens is 294 g/mol. The van der Waals surface area contributed by atoms with Gasteiger partial charge in [0.2, 0.25) is 0 Å². The van der Waals surface area contributed by atoms with E-state index in [2.05, 4.69) is 26.2 Å². The molecule has 3 rings (SSSR count). The predicted octanol–water partition coefficient (Wildman–Crippen LogP) is 2.55. The van der Waals surface area contributed by atoms with Crippen LogP contribution in [-0.2, 0) is 6.42 Å². The van der Waals surface area contributed by atoms with Crippen LogP contribution < -0.4 is 5.32 Å². The van der Waals surface area contributed by atoms with Crippen LogP contribution in [0.2, 0.25) is 0 Å². The third-order valence-electron chi connectivity index (χ3n) is 3.12. The molecule has 0 radical (unpaired) electrons. The van der Waals surface area contributed by atoms with Gasteiger partial charge in [-0.15, -0.1) is 0 Å². The molecule has 0 aromatic carbocycles. The lowest BCUT2D eigenvalue weighted by molar-refractivity contribution is 0.0944. The van der Waals surface area contributed by atoms with Gasteiger partial charge in [0, 0.05) is 16.7 Å². The Hall–Kier alpha value is -1.36. The van der Waals surface area contributed by atoms with Gasteiger partial charge in [0.25, 0.3) is 5.91 Å². The molecule has 2 aromatic rings. The first-order valence-electron chi connectivity index (χ1n) is 6.16. The topological polar surface area (TPSA) is 46.4 Å². The summed E-state index contributed by atoms with van der Waals surface area (Å²) in [6.45, 7) is 2.02. The molecule has 5 heteroatoms. The molecule has 4 nitrogen and oxygen atoms in total. The maximum atomic E-state index is 12.3. The van der Waals surface area contributed by atoms with E-state index in [1.807, 2.05) is 29.7 Å². The maximum Gasteiger partial charge on any atom is 0.270 e. The summed E-state index contributed by atoms with van der Waals surface area (Å²) in [5.41, 5.74) is 2.34. The van der Waals surface area contributed by atoms with Crippen molar-refractivity contribution in [2.75, 3.05) is 0 Å². The van der Waals surface area contributed by atoms with E-state index in [4.69, 9.17) is 0 Å². The van der Waals surface area contributed by atoms with Crippen molar-refractivity contribution in [1.82, 2.24) is 14.7 Å². The number of hydrogen-bond donors (Lipinski definition) is 1. The number of rotatable bonds is 3. The second kappa shape index (κ2) is 4.39. The average Bonchev–Trinajstić information content (AvgIpc) is 3.07. The Labute approximate surface area is 114 Å². The first-order chi connectivity index (χ1) is 8.69. The standard InChI is InChI=1S/C13H14BrN3O/c1-2-10-12(13(18)15-9-4-5-9)17-7-8(14)3-6-11(17)16-10/h3,6-7,9H,2,4-5H2,1H3,(H,15,18). The van der Waals surface area contributed by atoms with Crippen LogP contribution in [0.15, 0.2) is 22.8 Å². The fourth-order valence-electron chi connectivity index (χ4n) is 2.04. The molecule has 0 aliphatic heterocycles. The van der Waals surface area contributed by atoms with Gasteiger partial charge in [-0.3, -0.25) is 9.20 Å². The van der Waals surface area contributed by atoms with Gasteiger partial charge in [0.15, 0.2) is 0 Å². The number of nitrogens with one attached hydrogen (secondary N) is 1. The van der Waals surface area contributed by atoms with Gasteiger partial charge < -0.3 is 5.32 Å². The zero-order valence-corrected chi connectivity index (χ0v) is 11.7. The van der Waals surface area contributed by atoms with Crippen molar-refractivity contribution in [1.29, 1.82) is 0 Å². The number of aryl methyl sites for hydroxylation is 1. The Morgan fingerprint density at radius 3 is 3.00 bits per heavy atom. The van der Waals surface area contributed by atoms with Crippen molar-refractivity contribution >= 4 is 27.5 Å². The fraction of sp³-hybridized carbons (Fsp3) is 0.385. The van der Waals surface area contributed by atoms with E-state index in [1.54, 1.807) is 0 Å². The second-order valence-electron chi connectivity index (χ2n) is 4.58. The van der Waals surface area contributed by atoms with E-state index in [0.29, 0.717) is 11.7 Å². The van der Waals surface area contributed by atoms with E-state index in [0.717, 1.165) is 35.1 Å². The highest BCUT2D eigenvalue weighted by atomic mass is 79.9. The van der Waals surface area contributed by atoms with Crippen LogP contribution in [0.4, 0.5) is 0 Å². The van der Waals surface area contributed by atoms with E-state index in [1.165, 1.54) is 0 Å². The first-order valence-corrected chi connectivity index (χ1v) is 6.95. The lowest BCUT2D eigenvalue weighted by atomic mass is 10.2. The van der Waals surface area contributed by atoms with Gasteiger partial charge in [-0.2, -0.15) is 0 Å². The number of aromatic nitrogens is 2. The molecule has 0 saturated heterocycles. The molecule has 1 saturated carbocycles. The van der Waals surface area contributed by atoms with Gasteiger partial charge in [0.05, 0.1) is 5.69 Å². The number of amides is 1. The number of hydrogen-bond acceptors (Lipinski definition) is 2. The lowest BCUT2D eigenvalue weighted by Gasteiger charge is -2.05. The van der Waals surface area contributed by atoms with E-state index < -0.39 is 0 Å². The fourth-order valence-corrected chi connectivity index (χ4v) is 2.37. The van der Waals surface area contributed by atoms with Crippen LogP contribution in [0.5, 0.6) is 0 Å². The monoisotopic (exact) mass is 307 g/mol. The third kappa shape index (κ3) is 2.03. The highest BCUT2D eigenvalue weighted by Crippen LogP contribution is 2.22. The summed E-state index contributed by atoms with van der Waals surface area (Å²) in [5.74, 6) is -0.0139. The minimum Gasteiger partial charge on any atom is -0.348 e. The molecule has 1 aliphatic carbocycles. The highest BCUT2D eigenvalue weighted by Gasteiger charge is 2.26. The van der Waals surface area contributed by atoms with Crippen molar-refractivity contribution in [2.24, 2.45) is 0 Å². The quantitative estimate of drug-likeness (QED) is 0.947. The molecule has 94 valence electrons. The highest BCUT2D eigenvalue weighted by molar-refractivity contribution is 9.10. The number of carbonyl (C=O) groups excluding carboxylic acids is 1. The summed E-state index contributed by atoms with van der Waals surface area (Å²) in [6.07, 6.45) is 4.83. The largest absolute Gasteiger partial charge is 0.348 e. The van der Waals surface area contributed by atoms with Crippen molar-refractivity contribution < 1.29 is 4.79 Å². The van der Waals surface area contributed by atoms with E-state index >= 15 is 0 Å². The summed E-state index contributed by atoms with van der Waals surface area (Å²) >= 11 is 3.43. The summed E-state index contributed by atoms with van der Waals surface area (Å²) < 4.78 is 2.80. The van der Waals surface area contributed by atoms with Crippen molar-refractivity contribution in [2.45, 2.75) is 32.2 Å². The van der Waals surface area contributed by atoms with Gasteiger partial charge in [-0.05, 0) is 47.3 Å². The Morgan fingerprint density at radius 2 is 2.33 bits per heavy atom. The molecule has 2 aromatic heterocycles. The lowest BCUT2D eigenvalue weighted by Crippen LogP contribution is -2.27. The van der Waals surface area contributed by atoms with Crippen LogP contribution in [0.1, 0.15) is 35.9 Å².